The fourth-order valence-corrected chi connectivity index (χ4v) is 5.28. The van der Waals surface area contributed by atoms with Gasteiger partial charge >= 0.3 is 0 Å². The fourth-order valence-electron chi connectivity index (χ4n) is 3.39. The van der Waals surface area contributed by atoms with E-state index in [1.807, 2.05) is 38.3 Å². The van der Waals surface area contributed by atoms with Crippen LogP contribution in [0.15, 0.2) is 41.8 Å². The second kappa shape index (κ2) is 9.06. The Balaban J connectivity index is 1.82. The largest absolute Gasteiger partial charge is 0.343 e. The van der Waals surface area contributed by atoms with Gasteiger partial charge in [-0.3, -0.25) is 9.52 Å². The molecular formula is C22H27N3O3S2. The summed E-state index contributed by atoms with van der Waals surface area (Å²) in [5.74, 6) is -0.156. The SMILES string of the molecule is CCCS(=O)(=O)Nc1cccc(NC(=O)c2cc(C)n(Cc3cccs3)c2C)c1C. The second-order valence-corrected chi connectivity index (χ2v) is 10.2. The molecule has 6 nitrogen and oxygen atoms in total. The Kier molecular flexibility index (Phi) is 6.67. The highest BCUT2D eigenvalue weighted by molar-refractivity contribution is 7.92. The van der Waals surface area contributed by atoms with Gasteiger partial charge in [0.05, 0.1) is 23.5 Å². The maximum Gasteiger partial charge on any atom is 0.257 e. The van der Waals surface area contributed by atoms with Crippen molar-refractivity contribution < 1.29 is 13.2 Å². The van der Waals surface area contributed by atoms with Crippen LogP contribution in [0.5, 0.6) is 0 Å². The third-order valence-corrected chi connectivity index (χ3v) is 7.37. The lowest BCUT2D eigenvalue weighted by Gasteiger charge is -2.14. The van der Waals surface area contributed by atoms with Crippen LogP contribution in [0.3, 0.4) is 0 Å². The molecule has 1 amide bonds. The molecule has 0 saturated heterocycles. The molecule has 2 N–H and O–H groups in total. The van der Waals surface area contributed by atoms with Crippen molar-refractivity contribution >= 4 is 38.6 Å². The van der Waals surface area contributed by atoms with E-state index in [9.17, 15) is 13.2 Å². The number of aryl methyl sites for hydroxylation is 1. The van der Waals surface area contributed by atoms with E-state index in [0.29, 0.717) is 28.9 Å². The van der Waals surface area contributed by atoms with Crippen molar-refractivity contribution in [2.75, 3.05) is 15.8 Å². The smallest absolute Gasteiger partial charge is 0.257 e. The minimum absolute atomic E-state index is 0.0548. The molecule has 2 aromatic heterocycles. The Labute approximate surface area is 182 Å². The van der Waals surface area contributed by atoms with Crippen molar-refractivity contribution in [1.82, 2.24) is 4.57 Å². The van der Waals surface area contributed by atoms with Crippen molar-refractivity contribution in [3.63, 3.8) is 0 Å². The summed E-state index contributed by atoms with van der Waals surface area (Å²) >= 11 is 1.69. The Hall–Kier alpha value is -2.58. The highest BCUT2D eigenvalue weighted by Crippen LogP contribution is 2.26. The number of hydrogen-bond donors (Lipinski definition) is 2. The van der Waals surface area contributed by atoms with Gasteiger partial charge in [-0.15, -0.1) is 11.3 Å². The first-order chi connectivity index (χ1) is 14.2. The number of nitrogens with zero attached hydrogens (tertiary/aromatic N) is 1. The van der Waals surface area contributed by atoms with E-state index in [-0.39, 0.29) is 11.7 Å². The predicted molar refractivity (Wildman–Crippen MR) is 124 cm³/mol. The van der Waals surface area contributed by atoms with Gasteiger partial charge in [-0.25, -0.2) is 8.42 Å². The Morgan fingerprint density at radius 2 is 1.83 bits per heavy atom. The molecule has 0 unspecified atom stereocenters. The summed E-state index contributed by atoms with van der Waals surface area (Å²) in [5.41, 5.74) is 4.27. The summed E-state index contributed by atoms with van der Waals surface area (Å²) < 4.78 is 29.0. The zero-order valence-corrected chi connectivity index (χ0v) is 19.3. The van der Waals surface area contributed by atoms with Crippen LogP contribution in [-0.4, -0.2) is 24.6 Å². The molecular weight excluding hydrogens is 418 g/mol. The number of thiophene rings is 1. The van der Waals surface area contributed by atoms with E-state index in [2.05, 4.69) is 20.7 Å². The third-order valence-electron chi connectivity index (χ3n) is 5.03. The quantitative estimate of drug-likeness (QED) is 0.516. The van der Waals surface area contributed by atoms with Crippen LogP contribution in [0.4, 0.5) is 11.4 Å². The molecule has 30 heavy (non-hydrogen) atoms. The number of amides is 1. The van der Waals surface area contributed by atoms with Gasteiger partial charge in [0.2, 0.25) is 10.0 Å². The van der Waals surface area contributed by atoms with Gasteiger partial charge in [-0.05, 0) is 62.4 Å². The highest BCUT2D eigenvalue weighted by Gasteiger charge is 2.18. The number of nitrogens with one attached hydrogen (secondary N) is 2. The van der Waals surface area contributed by atoms with Gasteiger partial charge in [-0.1, -0.05) is 19.1 Å². The van der Waals surface area contributed by atoms with E-state index in [4.69, 9.17) is 0 Å². The number of rotatable bonds is 8. The van der Waals surface area contributed by atoms with E-state index >= 15 is 0 Å². The molecule has 0 saturated carbocycles. The minimum atomic E-state index is -3.40. The Morgan fingerprint density at radius 3 is 2.50 bits per heavy atom. The van der Waals surface area contributed by atoms with Crippen LogP contribution in [-0.2, 0) is 16.6 Å². The fraction of sp³-hybridized carbons (Fsp3) is 0.318. The van der Waals surface area contributed by atoms with Crippen molar-refractivity contribution in [3.8, 4) is 0 Å². The van der Waals surface area contributed by atoms with Crippen molar-refractivity contribution in [2.24, 2.45) is 0 Å². The van der Waals surface area contributed by atoms with Gasteiger partial charge in [0, 0.05) is 22.0 Å². The average molecular weight is 446 g/mol. The average Bonchev–Trinajstić information content (AvgIpc) is 3.28. The number of carbonyl (C=O) groups excluding carboxylic acids is 1. The molecule has 0 spiro atoms. The van der Waals surface area contributed by atoms with Crippen LogP contribution in [0, 0.1) is 20.8 Å². The van der Waals surface area contributed by atoms with E-state index in [1.54, 1.807) is 36.5 Å². The summed E-state index contributed by atoms with van der Waals surface area (Å²) in [6, 6.07) is 11.2. The molecule has 0 aliphatic heterocycles. The van der Waals surface area contributed by atoms with E-state index < -0.39 is 10.0 Å². The number of hydrogen-bond acceptors (Lipinski definition) is 4. The molecule has 0 fully saturated rings. The zero-order chi connectivity index (χ0) is 21.9. The van der Waals surface area contributed by atoms with Gasteiger partial charge in [0.25, 0.3) is 5.91 Å². The van der Waals surface area contributed by atoms with E-state index in [1.165, 1.54) is 4.88 Å². The van der Waals surface area contributed by atoms with Crippen molar-refractivity contribution in [2.45, 2.75) is 40.7 Å². The van der Waals surface area contributed by atoms with Crippen LogP contribution >= 0.6 is 11.3 Å². The zero-order valence-electron chi connectivity index (χ0n) is 17.7. The summed E-state index contributed by atoms with van der Waals surface area (Å²) in [6.07, 6.45) is 0.534. The summed E-state index contributed by atoms with van der Waals surface area (Å²) in [7, 11) is -3.40. The van der Waals surface area contributed by atoms with Crippen LogP contribution in [0.1, 0.15) is 45.5 Å². The Morgan fingerprint density at radius 1 is 1.10 bits per heavy atom. The summed E-state index contributed by atoms with van der Waals surface area (Å²) in [6.45, 7) is 8.27. The second-order valence-electron chi connectivity index (χ2n) is 7.30. The Bertz CT molecular complexity index is 1150. The van der Waals surface area contributed by atoms with Crippen LogP contribution in [0.25, 0.3) is 0 Å². The molecule has 0 radical (unpaired) electrons. The van der Waals surface area contributed by atoms with Crippen LogP contribution < -0.4 is 10.0 Å². The lowest BCUT2D eigenvalue weighted by atomic mass is 10.1. The van der Waals surface area contributed by atoms with E-state index in [0.717, 1.165) is 17.9 Å². The molecule has 0 aliphatic carbocycles. The molecule has 2 heterocycles. The monoisotopic (exact) mass is 445 g/mol. The maximum absolute atomic E-state index is 13.0. The first kappa shape index (κ1) is 22.1. The number of aromatic nitrogens is 1. The molecule has 8 heteroatoms. The topological polar surface area (TPSA) is 80.2 Å². The van der Waals surface area contributed by atoms with Gasteiger partial charge < -0.3 is 9.88 Å². The number of anilines is 2. The molecule has 0 bridgehead atoms. The van der Waals surface area contributed by atoms with Crippen molar-refractivity contribution in [3.05, 3.63) is 69.2 Å². The number of carbonyl (C=O) groups is 1. The molecule has 1 aromatic carbocycles. The number of sulfonamides is 1. The third kappa shape index (κ3) is 4.94. The first-order valence-corrected chi connectivity index (χ1v) is 12.4. The molecule has 0 atom stereocenters. The van der Waals surface area contributed by atoms with Gasteiger partial charge in [0.1, 0.15) is 0 Å². The normalized spacial score (nSPS) is 11.5. The first-order valence-electron chi connectivity index (χ1n) is 9.82. The van der Waals surface area contributed by atoms with Gasteiger partial charge in [0.15, 0.2) is 0 Å². The predicted octanol–water partition coefficient (Wildman–Crippen LogP) is 4.93. The summed E-state index contributed by atoms with van der Waals surface area (Å²) in [5, 5.41) is 4.98. The molecule has 0 aliphatic rings. The van der Waals surface area contributed by atoms with Crippen LogP contribution in [0.2, 0.25) is 0 Å². The lowest BCUT2D eigenvalue weighted by molar-refractivity contribution is 0.102. The molecule has 3 aromatic rings. The van der Waals surface area contributed by atoms with Gasteiger partial charge in [-0.2, -0.15) is 0 Å². The standard InChI is InChI=1S/C22H27N3O3S2/c1-5-12-30(27,28)24-21-10-6-9-20(16(21)3)23-22(26)19-13-15(2)25(17(19)4)14-18-8-7-11-29-18/h6-11,13,24H,5,12,14H2,1-4H3,(H,23,26). The summed E-state index contributed by atoms with van der Waals surface area (Å²) in [4.78, 5) is 14.2. The minimum Gasteiger partial charge on any atom is -0.343 e. The number of benzene rings is 1. The maximum atomic E-state index is 13.0. The van der Waals surface area contributed by atoms with Crippen molar-refractivity contribution in [1.29, 1.82) is 0 Å². The molecule has 3 rings (SSSR count). The lowest BCUT2D eigenvalue weighted by Crippen LogP contribution is -2.18. The molecule has 160 valence electrons. The highest BCUT2D eigenvalue weighted by atomic mass is 32.2.